The molecule has 118 valence electrons. The third kappa shape index (κ3) is 3.07. The fourth-order valence-electron chi connectivity index (χ4n) is 2.31. The van der Waals surface area contributed by atoms with E-state index >= 15 is 0 Å². The molecule has 4 nitrogen and oxygen atoms in total. The van der Waals surface area contributed by atoms with Crippen molar-refractivity contribution in [3.8, 4) is 5.75 Å². The summed E-state index contributed by atoms with van der Waals surface area (Å²) in [6.45, 7) is 0. The Hall–Kier alpha value is -2.34. The molecular formula is C17H15FN2O2S. The van der Waals surface area contributed by atoms with Crippen molar-refractivity contribution in [3.05, 3.63) is 53.8 Å². The summed E-state index contributed by atoms with van der Waals surface area (Å²) in [6, 6.07) is 12.0. The average molecular weight is 330 g/mol. The standard InChI is InChI=1S/C17H15FN2O2S/c1-20-15-6-4-3-5-14(15)19-17(20)23-10-16(21)12-8-7-11(22-2)9-13(12)18/h3-9H,10H2,1-2H3. The van der Waals surface area contributed by atoms with E-state index in [-0.39, 0.29) is 17.1 Å². The highest BCUT2D eigenvalue weighted by molar-refractivity contribution is 7.99. The molecule has 0 bridgehead atoms. The van der Waals surface area contributed by atoms with E-state index in [0.717, 1.165) is 16.2 Å². The largest absolute Gasteiger partial charge is 0.497 e. The van der Waals surface area contributed by atoms with Crippen LogP contribution in [0.15, 0.2) is 47.6 Å². The van der Waals surface area contributed by atoms with Crippen molar-refractivity contribution >= 4 is 28.6 Å². The molecule has 0 atom stereocenters. The van der Waals surface area contributed by atoms with Gasteiger partial charge in [0.2, 0.25) is 0 Å². The minimum atomic E-state index is -0.569. The number of hydrogen-bond acceptors (Lipinski definition) is 4. The summed E-state index contributed by atoms with van der Waals surface area (Å²) in [7, 11) is 3.36. The number of aryl methyl sites for hydroxylation is 1. The van der Waals surface area contributed by atoms with Gasteiger partial charge in [0.05, 0.1) is 29.5 Å². The van der Waals surface area contributed by atoms with Gasteiger partial charge in [0.25, 0.3) is 0 Å². The Balaban J connectivity index is 1.77. The van der Waals surface area contributed by atoms with Gasteiger partial charge >= 0.3 is 0 Å². The van der Waals surface area contributed by atoms with Gasteiger partial charge in [0, 0.05) is 13.1 Å². The van der Waals surface area contributed by atoms with Gasteiger partial charge < -0.3 is 9.30 Å². The number of methoxy groups -OCH3 is 1. The summed E-state index contributed by atoms with van der Waals surface area (Å²) >= 11 is 1.30. The zero-order valence-electron chi connectivity index (χ0n) is 12.7. The van der Waals surface area contributed by atoms with Crippen LogP contribution in [0.25, 0.3) is 11.0 Å². The summed E-state index contributed by atoms with van der Waals surface area (Å²) < 4.78 is 20.8. The number of carbonyl (C=O) groups excluding carboxylic acids is 1. The number of nitrogens with zero attached hydrogens (tertiary/aromatic N) is 2. The first kappa shape index (κ1) is 15.6. The van der Waals surface area contributed by atoms with Crippen molar-refractivity contribution < 1.29 is 13.9 Å². The molecule has 0 unspecified atom stereocenters. The summed E-state index contributed by atoms with van der Waals surface area (Å²) in [5, 5.41) is 0.730. The molecule has 0 aliphatic heterocycles. The topological polar surface area (TPSA) is 44.1 Å². The molecule has 3 rings (SSSR count). The van der Waals surface area contributed by atoms with E-state index in [2.05, 4.69) is 4.98 Å². The summed E-state index contributed by atoms with van der Waals surface area (Å²) in [6.07, 6.45) is 0. The number of ketones is 1. The Labute approximate surface area is 137 Å². The van der Waals surface area contributed by atoms with Crippen molar-refractivity contribution in [2.45, 2.75) is 5.16 Å². The highest BCUT2D eigenvalue weighted by Gasteiger charge is 2.15. The number of halogens is 1. The van der Waals surface area contributed by atoms with Gasteiger partial charge in [-0.05, 0) is 24.3 Å². The van der Waals surface area contributed by atoms with Crippen LogP contribution in [0, 0.1) is 5.82 Å². The van der Waals surface area contributed by atoms with Gasteiger partial charge in [0.1, 0.15) is 11.6 Å². The molecule has 0 radical (unpaired) electrons. The quantitative estimate of drug-likeness (QED) is 0.528. The number of rotatable bonds is 5. The van der Waals surface area contributed by atoms with Gasteiger partial charge in [-0.25, -0.2) is 9.37 Å². The van der Waals surface area contributed by atoms with Crippen molar-refractivity contribution in [3.63, 3.8) is 0 Å². The highest BCUT2D eigenvalue weighted by Crippen LogP contribution is 2.24. The van der Waals surface area contributed by atoms with Crippen molar-refractivity contribution in [1.29, 1.82) is 0 Å². The molecule has 0 N–H and O–H groups in total. The Morgan fingerprint density at radius 1 is 1.30 bits per heavy atom. The first-order valence-electron chi connectivity index (χ1n) is 7.01. The van der Waals surface area contributed by atoms with Crippen LogP contribution in [0.5, 0.6) is 5.75 Å². The zero-order valence-corrected chi connectivity index (χ0v) is 13.6. The number of aromatic nitrogens is 2. The van der Waals surface area contributed by atoms with E-state index in [1.165, 1.54) is 31.0 Å². The monoisotopic (exact) mass is 330 g/mol. The second-order valence-corrected chi connectivity index (χ2v) is 5.94. The molecule has 23 heavy (non-hydrogen) atoms. The maximum absolute atomic E-state index is 13.9. The lowest BCUT2D eigenvalue weighted by molar-refractivity contribution is 0.101. The molecular weight excluding hydrogens is 315 g/mol. The predicted molar refractivity (Wildman–Crippen MR) is 88.7 cm³/mol. The van der Waals surface area contributed by atoms with E-state index in [1.54, 1.807) is 6.07 Å². The van der Waals surface area contributed by atoms with Crippen LogP contribution in [0.3, 0.4) is 0 Å². The first-order valence-corrected chi connectivity index (χ1v) is 7.99. The van der Waals surface area contributed by atoms with Crippen LogP contribution < -0.4 is 4.74 Å². The summed E-state index contributed by atoms with van der Waals surface area (Å²) in [5.74, 6) is -0.329. The van der Waals surface area contributed by atoms with Gasteiger partial charge in [-0.2, -0.15) is 0 Å². The molecule has 0 aliphatic carbocycles. The second kappa shape index (κ2) is 6.42. The molecule has 0 aliphatic rings. The molecule has 0 saturated heterocycles. The Kier molecular flexibility index (Phi) is 4.34. The van der Waals surface area contributed by atoms with E-state index in [0.29, 0.717) is 5.75 Å². The van der Waals surface area contributed by atoms with Crippen molar-refractivity contribution in [2.24, 2.45) is 7.05 Å². The first-order chi connectivity index (χ1) is 11.1. The number of imidazole rings is 1. The SMILES string of the molecule is COc1ccc(C(=O)CSc2nc3ccccc3n2C)c(F)c1. The maximum atomic E-state index is 13.9. The molecule has 6 heteroatoms. The number of thioether (sulfide) groups is 1. The van der Waals surface area contributed by atoms with Gasteiger partial charge in [-0.15, -0.1) is 0 Å². The third-order valence-electron chi connectivity index (χ3n) is 3.56. The van der Waals surface area contributed by atoms with E-state index in [1.807, 2.05) is 35.9 Å². The highest BCUT2D eigenvalue weighted by atomic mass is 32.2. The maximum Gasteiger partial charge on any atom is 0.176 e. The lowest BCUT2D eigenvalue weighted by Crippen LogP contribution is -2.06. The van der Waals surface area contributed by atoms with Gasteiger partial charge in [0.15, 0.2) is 10.9 Å². The number of ether oxygens (including phenoxy) is 1. The lowest BCUT2D eigenvalue weighted by atomic mass is 10.1. The average Bonchev–Trinajstić information content (AvgIpc) is 2.89. The van der Waals surface area contributed by atoms with Crippen LogP contribution in [0.1, 0.15) is 10.4 Å². The van der Waals surface area contributed by atoms with Crippen LogP contribution in [0.4, 0.5) is 4.39 Å². The fraction of sp³-hybridized carbons (Fsp3) is 0.176. The predicted octanol–water partition coefficient (Wildman–Crippen LogP) is 3.70. The molecule has 0 saturated carbocycles. The number of benzene rings is 2. The molecule has 0 amide bonds. The van der Waals surface area contributed by atoms with Crippen molar-refractivity contribution in [1.82, 2.24) is 9.55 Å². The minimum absolute atomic E-state index is 0.0667. The van der Waals surface area contributed by atoms with E-state index in [9.17, 15) is 9.18 Å². The molecule has 3 aromatic rings. The van der Waals surface area contributed by atoms with E-state index in [4.69, 9.17) is 4.74 Å². The molecule has 0 fully saturated rings. The number of hydrogen-bond donors (Lipinski definition) is 0. The summed E-state index contributed by atoms with van der Waals surface area (Å²) in [5.41, 5.74) is 1.94. The van der Waals surface area contributed by atoms with Gasteiger partial charge in [-0.1, -0.05) is 23.9 Å². The number of carbonyl (C=O) groups is 1. The van der Waals surface area contributed by atoms with Crippen molar-refractivity contribution in [2.75, 3.05) is 12.9 Å². The van der Waals surface area contributed by atoms with Gasteiger partial charge in [-0.3, -0.25) is 4.79 Å². The second-order valence-electron chi connectivity index (χ2n) is 5.00. The zero-order chi connectivity index (χ0) is 16.4. The van der Waals surface area contributed by atoms with Crippen LogP contribution >= 0.6 is 11.8 Å². The van der Waals surface area contributed by atoms with Crippen LogP contribution in [-0.4, -0.2) is 28.2 Å². The molecule has 0 spiro atoms. The smallest absolute Gasteiger partial charge is 0.176 e. The minimum Gasteiger partial charge on any atom is -0.497 e. The molecule has 1 heterocycles. The van der Waals surface area contributed by atoms with Crippen LogP contribution in [0.2, 0.25) is 0 Å². The number of Topliss-reactive ketones (excluding diaryl/α,β-unsaturated/α-hetero) is 1. The van der Waals surface area contributed by atoms with E-state index < -0.39 is 5.82 Å². The molecule has 2 aromatic carbocycles. The normalized spacial score (nSPS) is 10.9. The van der Waals surface area contributed by atoms with Crippen LogP contribution in [-0.2, 0) is 7.05 Å². The lowest BCUT2D eigenvalue weighted by Gasteiger charge is -2.05. The number of para-hydroxylation sites is 2. The third-order valence-corrected chi connectivity index (χ3v) is 4.59. The Morgan fingerprint density at radius 3 is 2.78 bits per heavy atom. The Morgan fingerprint density at radius 2 is 2.09 bits per heavy atom. The number of fused-ring (bicyclic) bond motifs is 1. The summed E-state index contributed by atoms with van der Waals surface area (Å²) in [4.78, 5) is 16.7. The Bertz CT molecular complexity index is 876. The fourth-order valence-corrected chi connectivity index (χ4v) is 3.18. The molecule has 1 aromatic heterocycles.